The van der Waals surface area contributed by atoms with Crippen molar-refractivity contribution < 1.29 is 23.2 Å². The lowest BCUT2D eigenvalue weighted by Gasteiger charge is -2.07. The summed E-state index contributed by atoms with van der Waals surface area (Å²) in [7, 11) is 0. The van der Waals surface area contributed by atoms with Crippen LogP contribution in [-0.2, 0) is 4.74 Å². The van der Waals surface area contributed by atoms with Gasteiger partial charge in [0.25, 0.3) is 5.91 Å². The van der Waals surface area contributed by atoms with Crippen molar-refractivity contribution in [2.75, 3.05) is 19.8 Å². The van der Waals surface area contributed by atoms with E-state index in [1.807, 2.05) is 6.92 Å². The minimum absolute atomic E-state index is 0.139. The number of carbonyl (C=O) groups is 1. The van der Waals surface area contributed by atoms with E-state index in [1.165, 1.54) is 0 Å². The normalized spacial score (nSPS) is 10.4. The highest BCUT2D eigenvalue weighted by molar-refractivity contribution is 5.94. The zero-order valence-electron chi connectivity index (χ0n) is 11.5. The van der Waals surface area contributed by atoms with Gasteiger partial charge in [-0.2, -0.15) is 4.39 Å². The third kappa shape index (κ3) is 5.07. The Morgan fingerprint density at radius 3 is 2.67 bits per heavy atom. The zero-order chi connectivity index (χ0) is 15.8. The van der Waals surface area contributed by atoms with E-state index in [9.17, 15) is 23.7 Å². The van der Waals surface area contributed by atoms with Crippen molar-refractivity contribution in [2.24, 2.45) is 0 Å². The first-order valence-corrected chi connectivity index (χ1v) is 6.46. The van der Waals surface area contributed by atoms with Crippen LogP contribution in [0.1, 0.15) is 30.1 Å². The van der Waals surface area contributed by atoms with Crippen molar-refractivity contribution in [3.8, 4) is 0 Å². The molecular weight excluding hydrogens is 286 g/mol. The van der Waals surface area contributed by atoms with Gasteiger partial charge < -0.3 is 10.1 Å². The predicted octanol–water partition coefficient (Wildman–Crippen LogP) is 2.42. The van der Waals surface area contributed by atoms with E-state index in [2.05, 4.69) is 5.32 Å². The molecule has 0 fully saturated rings. The molecule has 8 heteroatoms. The first-order chi connectivity index (χ1) is 9.97. The molecular formula is C13H16F2N2O4. The summed E-state index contributed by atoms with van der Waals surface area (Å²) in [5.74, 6) is -3.25. The summed E-state index contributed by atoms with van der Waals surface area (Å²) in [4.78, 5) is 21.0. The molecule has 0 saturated carbocycles. The van der Waals surface area contributed by atoms with Gasteiger partial charge >= 0.3 is 5.69 Å². The maximum Gasteiger partial charge on any atom is 0.307 e. The molecule has 116 valence electrons. The fourth-order valence-corrected chi connectivity index (χ4v) is 1.53. The molecule has 0 aliphatic heterocycles. The van der Waals surface area contributed by atoms with Crippen LogP contribution in [0.4, 0.5) is 14.5 Å². The predicted molar refractivity (Wildman–Crippen MR) is 71.1 cm³/mol. The van der Waals surface area contributed by atoms with Crippen molar-refractivity contribution in [3.05, 3.63) is 39.4 Å². The van der Waals surface area contributed by atoms with E-state index in [0.717, 1.165) is 12.8 Å². The fraction of sp³-hybridized carbons (Fsp3) is 0.462. The highest BCUT2D eigenvalue weighted by Crippen LogP contribution is 2.21. The van der Waals surface area contributed by atoms with Crippen molar-refractivity contribution in [2.45, 2.75) is 19.8 Å². The number of nitrogens with zero attached hydrogens (tertiary/aromatic N) is 1. The van der Waals surface area contributed by atoms with Crippen molar-refractivity contribution >= 4 is 11.6 Å². The van der Waals surface area contributed by atoms with Crippen LogP contribution in [-0.4, -0.2) is 30.6 Å². The van der Waals surface area contributed by atoms with Crippen LogP contribution < -0.4 is 5.32 Å². The molecule has 6 nitrogen and oxygen atoms in total. The van der Waals surface area contributed by atoms with E-state index in [1.54, 1.807) is 0 Å². The average Bonchev–Trinajstić information content (AvgIpc) is 2.44. The minimum atomic E-state index is -1.26. The van der Waals surface area contributed by atoms with E-state index >= 15 is 0 Å². The molecule has 1 aromatic carbocycles. The molecule has 0 radical (unpaired) electrons. The molecule has 21 heavy (non-hydrogen) atoms. The molecule has 1 rings (SSSR count). The summed E-state index contributed by atoms with van der Waals surface area (Å²) in [6.07, 6.45) is 1.88. The molecule has 0 saturated heterocycles. The third-order valence-corrected chi connectivity index (χ3v) is 2.65. The summed E-state index contributed by atoms with van der Waals surface area (Å²) in [5.41, 5.74) is -1.58. The minimum Gasteiger partial charge on any atom is -0.380 e. The molecule has 0 unspecified atom stereocenters. The van der Waals surface area contributed by atoms with Gasteiger partial charge in [-0.05, 0) is 12.5 Å². The lowest BCUT2D eigenvalue weighted by molar-refractivity contribution is -0.387. The maximum absolute atomic E-state index is 13.6. The molecule has 1 aromatic rings. The van der Waals surface area contributed by atoms with Gasteiger partial charge in [-0.15, -0.1) is 0 Å². The van der Waals surface area contributed by atoms with Crippen molar-refractivity contribution in [1.29, 1.82) is 0 Å². The summed E-state index contributed by atoms with van der Waals surface area (Å²) in [6.45, 7) is 2.97. The number of nitrogens with one attached hydrogen (secondary N) is 1. The summed E-state index contributed by atoms with van der Waals surface area (Å²) in [6, 6.07) is 0.905. The monoisotopic (exact) mass is 302 g/mol. The second-order valence-corrected chi connectivity index (χ2v) is 4.26. The lowest BCUT2D eigenvalue weighted by Crippen LogP contribution is -2.28. The molecule has 0 atom stereocenters. The molecule has 1 N–H and O–H groups in total. The largest absolute Gasteiger partial charge is 0.380 e. The molecule has 0 aliphatic carbocycles. The van der Waals surface area contributed by atoms with Gasteiger partial charge in [0.1, 0.15) is 5.82 Å². The van der Waals surface area contributed by atoms with Crippen molar-refractivity contribution in [1.82, 2.24) is 5.32 Å². The Bertz CT molecular complexity index is 523. The second-order valence-electron chi connectivity index (χ2n) is 4.26. The van der Waals surface area contributed by atoms with Gasteiger partial charge in [0.05, 0.1) is 23.2 Å². The Kier molecular flexibility index (Phi) is 6.67. The van der Waals surface area contributed by atoms with Gasteiger partial charge in [-0.1, -0.05) is 13.3 Å². The topological polar surface area (TPSA) is 81.5 Å². The fourth-order valence-electron chi connectivity index (χ4n) is 1.53. The number of carbonyl (C=O) groups excluding carboxylic acids is 1. The van der Waals surface area contributed by atoms with Gasteiger partial charge in [-0.3, -0.25) is 14.9 Å². The first-order valence-electron chi connectivity index (χ1n) is 6.46. The number of hydrogen-bond donors (Lipinski definition) is 1. The van der Waals surface area contributed by atoms with Crippen molar-refractivity contribution in [3.63, 3.8) is 0 Å². The average molecular weight is 302 g/mol. The Morgan fingerprint density at radius 1 is 1.33 bits per heavy atom. The SMILES string of the molecule is CCCCOCCNC(=O)c1cc(F)c([N+](=O)[O-])cc1F. The number of amides is 1. The number of hydrogen-bond acceptors (Lipinski definition) is 4. The number of nitro benzene ring substituents is 1. The molecule has 0 bridgehead atoms. The summed E-state index contributed by atoms with van der Waals surface area (Å²) < 4.78 is 32.1. The first kappa shape index (κ1) is 17.0. The summed E-state index contributed by atoms with van der Waals surface area (Å²) >= 11 is 0. The van der Waals surface area contributed by atoms with Crippen LogP contribution in [0.25, 0.3) is 0 Å². The van der Waals surface area contributed by atoms with Gasteiger partial charge in [0.15, 0.2) is 0 Å². The van der Waals surface area contributed by atoms with Gasteiger partial charge in [0.2, 0.25) is 5.82 Å². The number of halogens is 2. The molecule has 0 aliphatic rings. The molecule has 0 spiro atoms. The second kappa shape index (κ2) is 8.25. The number of rotatable bonds is 8. The van der Waals surface area contributed by atoms with Crippen LogP contribution in [0.3, 0.4) is 0 Å². The number of ether oxygens (including phenoxy) is 1. The Balaban J connectivity index is 2.58. The zero-order valence-corrected chi connectivity index (χ0v) is 11.5. The highest BCUT2D eigenvalue weighted by Gasteiger charge is 2.21. The Morgan fingerprint density at radius 2 is 2.05 bits per heavy atom. The third-order valence-electron chi connectivity index (χ3n) is 2.65. The van der Waals surface area contributed by atoms with Crippen LogP contribution in [0.15, 0.2) is 12.1 Å². The van der Waals surface area contributed by atoms with E-state index in [4.69, 9.17) is 4.74 Å². The molecule has 1 amide bonds. The Labute approximate surface area is 120 Å². The van der Waals surface area contributed by atoms with E-state index in [0.29, 0.717) is 18.7 Å². The highest BCUT2D eigenvalue weighted by atomic mass is 19.1. The van der Waals surface area contributed by atoms with Crippen LogP contribution in [0, 0.1) is 21.7 Å². The van der Waals surface area contributed by atoms with E-state index < -0.39 is 33.7 Å². The standard InChI is InChI=1S/C13H16F2N2O4/c1-2-3-5-21-6-4-16-13(18)9-7-11(15)12(17(19)20)8-10(9)14/h7-8H,2-6H2,1H3,(H,16,18). The number of benzene rings is 1. The van der Waals surface area contributed by atoms with Gasteiger partial charge in [-0.25, -0.2) is 4.39 Å². The number of unbranched alkanes of at least 4 members (excludes halogenated alkanes) is 1. The molecule has 0 aromatic heterocycles. The smallest absolute Gasteiger partial charge is 0.307 e. The Hall–Kier alpha value is -2.09. The summed E-state index contributed by atoms with van der Waals surface area (Å²) in [5, 5.41) is 12.8. The van der Waals surface area contributed by atoms with Crippen LogP contribution in [0.5, 0.6) is 0 Å². The maximum atomic E-state index is 13.6. The number of nitro groups is 1. The molecule has 0 heterocycles. The quantitative estimate of drug-likeness (QED) is 0.454. The lowest BCUT2D eigenvalue weighted by atomic mass is 10.1. The van der Waals surface area contributed by atoms with E-state index in [-0.39, 0.29) is 13.2 Å². The van der Waals surface area contributed by atoms with Crippen LogP contribution in [0.2, 0.25) is 0 Å². The van der Waals surface area contributed by atoms with Crippen LogP contribution >= 0.6 is 0 Å². The van der Waals surface area contributed by atoms with Gasteiger partial charge in [0, 0.05) is 13.2 Å².